The Kier molecular flexibility index (Phi) is 6.44. The van der Waals surface area contributed by atoms with E-state index in [1.807, 2.05) is 31.2 Å². The quantitative estimate of drug-likeness (QED) is 0.779. The molecule has 8 heteroatoms. The van der Waals surface area contributed by atoms with E-state index < -0.39 is 10.0 Å². The number of aryl methyl sites for hydroxylation is 1. The van der Waals surface area contributed by atoms with Gasteiger partial charge in [0.1, 0.15) is 16.4 Å². The first-order valence-corrected chi connectivity index (χ1v) is 10.9. The number of amides is 1. The highest BCUT2D eigenvalue weighted by atomic mass is 32.2. The second kappa shape index (κ2) is 8.84. The zero-order valence-electron chi connectivity index (χ0n) is 16.8. The minimum atomic E-state index is -3.75. The molecule has 0 radical (unpaired) electrons. The van der Waals surface area contributed by atoms with Crippen LogP contribution in [-0.4, -0.2) is 45.9 Å². The van der Waals surface area contributed by atoms with Gasteiger partial charge in [0.15, 0.2) is 0 Å². The number of benzene rings is 2. The Morgan fingerprint density at radius 2 is 1.69 bits per heavy atom. The van der Waals surface area contributed by atoms with Crippen LogP contribution in [0.2, 0.25) is 0 Å². The van der Waals surface area contributed by atoms with E-state index in [4.69, 9.17) is 9.47 Å². The Labute approximate surface area is 171 Å². The number of hydrogen-bond donors (Lipinski definition) is 1. The van der Waals surface area contributed by atoms with Gasteiger partial charge in [0, 0.05) is 30.8 Å². The number of methoxy groups -OCH3 is 2. The van der Waals surface area contributed by atoms with Crippen molar-refractivity contribution in [3.8, 4) is 11.5 Å². The molecule has 0 aromatic heterocycles. The van der Waals surface area contributed by atoms with Crippen LogP contribution in [0.1, 0.15) is 18.4 Å². The second-order valence-electron chi connectivity index (χ2n) is 7.05. The molecule has 1 amide bonds. The van der Waals surface area contributed by atoms with Crippen LogP contribution in [0, 0.1) is 12.8 Å². The molecular weight excluding hydrogens is 392 g/mol. The van der Waals surface area contributed by atoms with Crippen LogP contribution in [0.25, 0.3) is 0 Å². The van der Waals surface area contributed by atoms with E-state index in [2.05, 4.69) is 5.32 Å². The summed E-state index contributed by atoms with van der Waals surface area (Å²) in [5.74, 6) is 0.404. The number of nitrogens with one attached hydrogen (secondary N) is 1. The Balaban J connectivity index is 1.68. The van der Waals surface area contributed by atoms with Gasteiger partial charge in [-0.1, -0.05) is 17.7 Å². The molecule has 0 bridgehead atoms. The van der Waals surface area contributed by atoms with Gasteiger partial charge in [-0.25, -0.2) is 8.42 Å². The number of nitrogens with zero attached hydrogens (tertiary/aromatic N) is 1. The van der Waals surface area contributed by atoms with Crippen molar-refractivity contribution in [1.82, 2.24) is 4.31 Å². The van der Waals surface area contributed by atoms with Gasteiger partial charge in [0.2, 0.25) is 15.9 Å². The summed E-state index contributed by atoms with van der Waals surface area (Å²) in [6, 6.07) is 12.3. The average molecular weight is 419 g/mol. The van der Waals surface area contributed by atoms with Gasteiger partial charge in [0.05, 0.1) is 14.2 Å². The van der Waals surface area contributed by atoms with E-state index in [0.717, 1.165) is 11.3 Å². The lowest BCUT2D eigenvalue weighted by Crippen LogP contribution is -2.41. The zero-order chi connectivity index (χ0) is 21.0. The molecule has 0 unspecified atom stereocenters. The van der Waals surface area contributed by atoms with Crippen molar-refractivity contribution in [3.05, 3.63) is 48.0 Å². The molecule has 7 nitrogen and oxygen atoms in total. The van der Waals surface area contributed by atoms with E-state index in [9.17, 15) is 13.2 Å². The lowest BCUT2D eigenvalue weighted by Gasteiger charge is -2.31. The van der Waals surface area contributed by atoms with Gasteiger partial charge in [0.25, 0.3) is 0 Å². The molecule has 2 aromatic carbocycles. The number of carbonyl (C=O) groups is 1. The van der Waals surface area contributed by atoms with Crippen LogP contribution in [-0.2, 0) is 14.8 Å². The van der Waals surface area contributed by atoms with Crippen molar-refractivity contribution in [3.63, 3.8) is 0 Å². The summed E-state index contributed by atoms with van der Waals surface area (Å²) >= 11 is 0. The molecule has 2 aromatic rings. The molecule has 0 spiro atoms. The monoisotopic (exact) mass is 418 g/mol. The molecule has 1 heterocycles. The van der Waals surface area contributed by atoms with Gasteiger partial charge in [-0.2, -0.15) is 4.31 Å². The Bertz CT molecular complexity index is 965. The van der Waals surface area contributed by atoms with Crippen LogP contribution in [0.5, 0.6) is 11.5 Å². The largest absolute Gasteiger partial charge is 0.497 e. The molecule has 1 aliphatic heterocycles. The van der Waals surface area contributed by atoms with Crippen molar-refractivity contribution in [2.24, 2.45) is 5.92 Å². The van der Waals surface area contributed by atoms with Gasteiger partial charge in [-0.05, 0) is 44.0 Å². The zero-order valence-corrected chi connectivity index (χ0v) is 17.7. The summed E-state index contributed by atoms with van der Waals surface area (Å²) in [5.41, 5.74) is 1.87. The van der Waals surface area contributed by atoms with E-state index in [1.165, 1.54) is 24.6 Å². The molecule has 156 valence electrons. The number of rotatable bonds is 6. The topological polar surface area (TPSA) is 84.9 Å². The summed E-state index contributed by atoms with van der Waals surface area (Å²) in [5, 5.41) is 2.91. The number of carbonyl (C=O) groups excluding carboxylic acids is 1. The molecule has 1 fully saturated rings. The molecule has 0 saturated carbocycles. The lowest BCUT2D eigenvalue weighted by molar-refractivity contribution is -0.120. The van der Waals surface area contributed by atoms with Crippen LogP contribution in [0.3, 0.4) is 0 Å². The van der Waals surface area contributed by atoms with Gasteiger partial charge >= 0.3 is 0 Å². The fraction of sp³-hybridized carbons (Fsp3) is 0.381. The third-order valence-electron chi connectivity index (χ3n) is 5.13. The molecular formula is C21H26N2O5S. The number of hydrogen-bond acceptors (Lipinski definition) is 5. The fourth-order valence-electron chi connectivity index (χ4n) is 3.36. The highest BCUT2D eigenvalue weighted by molar-refractivity contribution is 7.89. The third-order valence-corrected chi connectivity index (χ3v) is 7.05. The van der Waals surface area contributed by atoms with Crippen LogP contribution in [0.15, 0.2) is 47.4 Å². The molecule has 0 aliphatic carbocycles. The maximum atomic E-state index is 13.1. The number of sulfonamides is 1. The molecule has 3 rings (SSSR count). The maximum absolute atomic E-state index is 13.1. The molecule has 1 saturated heterocycles. The van der Waals surface area contributed by atoms with E-state index in [1.54, 1.807) is 12.1 Å². The summed E-state index contributed by atoms with van der Waals surface area (Å²) in [6.45, 7) is 2.53. The highest BCUT2D eigenvalue weighted by Gasteiger charge is 2.34. The average Bonchev–Trinajstić information content (AvgIpc) is 2.74. The predicted molar refractivity (Wildman–Crippen MR) is 111 cm³/mol. The van der Waals surface area contributed by atoms with Crippen molar-refractivity contribution in [2.75, 3.05) is 32.6 Å². The molecule has 0 atom stereocenters. The fourth-order valence-corrected chi connectivity index (χ4v) is 5.00. The van der Waals surface area contributed by atoms with Gasteiger partial charge in [-0.3, -0.25) is 4.79 Å². The minimum Gasteiger partial charge on any atom is -0.497 e. The summed E-state index contributed by atoms with van der Waals surface area (Å²) in [7, 11) is -0.838. The summed E-state index contributed by atoms with van der Waals surface area (Å²) in [6.07, 6.45) is 0.923. The van der Waals surface area contributed by atoms with Crippen molar-refractivity contribution < 1.29 is 22.7 Å². The molecule has 29 heavy (non-hydrogen) atoms. The molecule has 1 N–H and O–H groups in total. The normalized spacial score (nSPS) is 15.7. The first-order chi connectivity index (χ1) is 13.8. The van der Waals surface area contributed by atoms with Crippen LogP contribution < -0.4 is 14.8 Å². The lowest BCUT2D eigenvalue weighted by atomic mass is 9.97. The Morgan fingerprint density at radius 3 is 2.28 bits per heavy atom. The third kappa shape index (κ3) is 4.71. The van der Waals surface area contributed by atoms with Crippen molar-refractivity contribution in [1.29, 1.82) is 0 Å². The molecule has 1 aliphatic rings. The van der Waals surface area contributed by atoms with Crippen LogP contribution in [0.4, 0.5) is 5.69 Å². The van der Waals surface area contributed by atoms with E-state index in [0.29, 0.717) is 18.6 Å². The van der Waals surface area contributed by atoms with Gasteiger partial charge in [-0.15, -0.1) is 0 Å². The highest BCUT2D eigenvalue weighted by Crippen LogP contribution is 2.32. The number of piperidine rings is 1. The Morgan fingerprint density at radius 1 is 1.03 bits per heavy atom. The van der Waals surface area contributed by atoms with E-state index in [-0.39, 0.29) is 35.6 Å². The minimum absolute atomic E-state index is 0.0712. The van der Waals surface area contributed by atoms with Crippen LogP contribution >= 0.6 is 0 Å². The number of ether oxygens (including phenoxy) is 2. The Hall–Kier alpha value is -2.58. The SMILES string of the molecule is COc1ccc(OC)c(S(=O)(=O)N2CCC(C(=O)Nc3ccc(C)cc3)CC2)c1. The summed E-state index contributed by atoms with van der Waals surface area (Å²) < 4.78 is 38.0. The summed E-state index contributed by atoms with van der Waals surface area (Å²) in [4.78, 5) is 12.6. The first kappa shape index (κ1) is 21.1. The van der Waals surface area contributed by atoms with Gasteiger partial charge < -0.3 is 14.8 Å². The second-order valence-corrected chi connectivity index (χ2v) is 8.96. The van der Waals surface area contributed by atoms with Crippen molar-refractivity contribution in [2.45, 2.75) is 24.7 Å². The maximum Gasteiger partial charge on any atom is 0.246 e. The van der Waals surface area contributed by atoms with Crippen molar-refractivity contribution >= 4 is 21.6 Å². The van der Waals surface area contributed by atoms with E-state index >= 15 is 0 Å². The smallest absolute Gasteiger partial charge is 0.246 e. The first-order valence-electron chi connectivity index (χ1n) is 9.45. The number of anilines is 1. The standard InChI is InChI=1S/C21H26N2O5S/c1-15-4-6-17(7-5-15)22-21(24)16-10-12-23(13-11-16)29(25,26)20-14-18(27-2)8-9-19(20)28-3/h4-9,14,16H,10-13H2,1-3H3,(H,22,24). The predicted octanol–water partition coefficient (Wildman–Crippen LogP) is 3.05.